The molecular formula is C24H20ClF3N4O2. The molecule has 0 saturated heterocycles. The quantitative estimate of drug-likeness (QED) is 0.377. The Kier molecular flexibility index (Phi) is 6.39. The molecule has 2 aromatic heterocycles. The highest BCUT2D eigenvalue weighted by atomic mass is 35.5. The van der Waals surface area contributed by atoms with Crippen LogP contribution in [0.4, 0.5) is 18.9 Å². The SMILES string of the molecule is Cc1cccc(Cl)c1CNc1cc(=O)n(-c2ccc(OC(F)(F)F)cc2)cc1-c1cnn(C)c1. The molecule has 0 spiro atoms. The van der Waals surface area contributed by atoms with E-state index in [1.807, 2.05) is 19.1 Å². The number of nitrogens with one attached hydrogen (secondary N) is 1. The van der Waals surface area contributed by atoms with Gasteiger partial charge in [-0.25, -0.2) is 0 Å². The van der Waals surface area contributed by atoms with E-state index in [1.165, 1.54) is 22.8 Å². The van der Waals surface area contributed by atoms with Crippen LogP contribution >= 0.6 is 11.6 Å². The molecule has 6 nitrogen and oxygen atoms in total. The van der Waals surface area contributed by atoms with Crippen LogP contribution in [0.5, 0.6) is 5.75 Å². The Bertz CT molecular complexity index is 1360. The van der Waals surface area contributed by atoms with Crippen molar-refractivity contribution < 1.29 is 17.9 Å². The smallest absolute Gasteiger partial charge is 0.406 e. The summed E-state index contributed by atoms with van der Waals surface area (Å²) in [6.45, 7) is 2.35. The van der Waals surface area contributed by atoms with Crippen molar-refractivity contribution in [1.82, 2.24) is 14.3 Å². The maximum Gasteiger partial charge on any atom is 0.573 e. The molecular weight excluding hydrogens is 469 g/mol. The third kappa shape index (κ3) is 5.26. The van der Waals surface area contributed by atoms with Gasteiger partial charge in [0.25, 0.3) is 5.56 Å². The van der Waals surface area contributed by atoms with Gasteiger partial charge in [-0.1, -0.05) is 23.7 Å². The zero-order chi connectivity index (χ0) is 24.5. The molecule has 0 aliphatic rings. The van der Waals surface area contributed by atoms with Crippen LogP contribution in [-0.4, -0.2) is 20.7 Å². The fourth-order valence-corrected chi connectivity index (χ4v) is 3.84. The van der Waals surface area contributed by atoms with Crippen LogP contribution < -0.4 is 15.6 Å². The number of anilines is 1. The van der Waals surface area contributed by atoms with Crippen molar-refractivity contribution in [3.63, 3.8) is 0 Å². The highest BCUT2D eigenvalue weighted by molar-refractivity contribution is 6.31. The van der Waals surface area contributed by atoms with E-state index in [1.54, 1.807) is 36.4 Å². The first-order valence-corrected chi connectivity index (χ1v) is 10.6. The summed E-state index contributed by atoms with van der Waals surface area (Å²) in [6, 6.07) is 12.2. The van der Waals surface area contributed by atoms with Crippen molar-refractivity contribution in [3.05, 3.63) is 93.6 Å². The Balaban J connectivity index is 1.72. The topological polar surface area (TPSA) is 61.1 Å². The number of benzene rings is 2. The number of hydrogen-bond acceptors (Lipinski definition) is 4. The lowest BCUT2D eigenvalue weighted by Gasteiger charge is -2.16. The number of hydrogen-bond donors (Lipinski definition) is 1. The maximum absolute atomic E-state index is 13.0. The predicted octanol–water partition coefficient (Wildman–Crippen LogP) is 5.71. The van der Waals surface area contributed by atoms with E-state index < -0.39 is 6.36 Å². The van der Waals surface area contributed by atoms with Gasteiger partial charge in [-0.15, -0.1) is 13.2 Å². The highest BCUT2D eigenvalue weighted by Crippen LogP contribution is 2.29. The van der Waals surface area contributed by atoms with E-state index in [9.17, 15) is 18.0 Å². The second kappa shape index (κ2) is 9.26. The van der Waals surface area contributed by atoms with E-state index >= 15 is 0 Å². The third-order valence-electron chi connectivity index (χ3n) is 5.23. The first-order valence-electron chi connectivity index (χ1n) is 10.2. The minimum absolute atomic E-state index is 0.365. The molecule has 4 aromatic rings. The van der Waals surface area contributed by atoms with Crippen LogP contribution in [-0.2, 0) is 13.6 Å². The fraction of sp³-hybridized carbons (Fsp3) is 0.167. The number of nitrogens with zero attached hydrogens (tertiary/aromatic N) is 3. The van der Waals surface area contributed by atoms with Crippen LogP contribution in [0.1, 0.15) is 11.1 Å². The molecule has 0 atom stereocenters. The number of alkyl halides is 3. The zero-order valence-corrected chi connectivity index (χ0v) is 19.0. The first-order chi connectivity index (χ1) is 16.1. The van der Waals surface area contributed by atoms with Gasteiger partial charge in [-0.3, -0.25) is 14.0 Å². The monoisotopic (exact) mass is 488 g/mol. The second-order valence-electron chi connectivity index (χ2n) is 7.64. The minimum Gasteiger partial charge on any atom is -0.406 e. The molecule has 4 rings (SSSR count). The summed E-state index contributed by atoms with van der Waals surface area (Å²) in [5.41, 5.74) is 3.96. The van der Waals surface area contributed by atoms with Crippen molar-refractivity contribution in [2.45, 2.75) is 19.8 Å². The number of aromatic nitrogens is 3. The lowest BCUT2D eigenvalue weighted by molar-refractivity contribution is -0.274. The molecule has 0 amide bonds. The van der Waals surface area contributed by atoms with Crippen LogP contribution in [0.25, 0.3) is 16.8 Å². The molecule has 2 aromatic carbocycles. The largest absolute Gasteiger partial charge is 0.573 e. The number of aryl methyl sites for hydroxylation is 2. The molecule has 0 aliphatic carbocycles. The average molecular weight is 489 g/mol. The molecule has 0 bridgehead atoms. The van der Waals surface area contributed by atoms with Crippen LogP contribution in [0.2, 0.25) is 5.02 Å². The lowest BCUT2D eigenvalue weighted by atomic mass is 10.1. The molecule has 176 valence electrons. The summed E-state index contributed by atoms with van der Waals surface area (Å²) in [4.78, 5) is 13.0. The Morgan fingerprint density at radius 1 is 1.12 bits per heavy atom. The summed E-state index contributed by atoms with van der Waals surface area (Å²) >= 11 is 6.35. The molecule has 0 fully saturated rings. The van der Waals surface area contributed by atoms with Gasteiger partial charge < -0.3 is 10.1 Å². The first kappa shape index (κ1) is 23.4. The van der Waals surface area contributed by atoms with Crippen molar-refractivity contribution in [2.75, 3.05) is 5.32 Å². The van der Waals surface area contributed by atoms with Crippen LogP contribution in [0.15, 0.2) is 71.9 Å². The van der Waals surface area contributed by atoms with Gasteiger partial charge in [0, 0.05) is 59.6 Å². The summed E-state index contributed by atoms with van der Waals surface area (Å²) in [5, 5.41) is 8.12. The van der Waals surface area contributed by atoms with E-state index in [-0.39, 0.29) is 11.3 Å². The van der Waals surface area contributed by atoms with Gasteiger partial charge in [0.2, 0.25) is 0 Å². The summed E-state index contributed by atoms with van der Waals surface area (Å²) in [6.07, 6.45) is 0.298. The van der Waals surface area contributed by atoms with Gasteiger partial charge in [0.15, 0.2) is 0 Å². The van der Waals surface area contributed by atoms with Crippen molar-refractivity contribution in [1.29, 1.82) is 0 Å². The lowest BCUT2D eigenvalue weighted by Crippen LogP contribution is -2.19. The molecule has 1 N–H and O–H groups in total. The number of ether oxygens (including phenoxy) is 1. The van der Waals surface area contributed by atoms with Crippen LogP contribution in [0.3, 0.4) is 0 Å². The van der Waals surface area contributed by atoms with Gasteiger partial charge in [-0.2, -0.15) is 5.10 Å². The molecule has 0 aliphatic heterocycles. The number of rotatable bonds is 6. The normalized spacial score (nSPS) is 11.5. The Labute approximate surface area is 198 Å². The van der Waals surface area contributed by atoms with Crippen molar-refractivity contribution >= 4 is 17.3 Å². The standard InChI is InChI=1S/C24H20ClF3N4O2/c1-15-4-3-5-21(25)19(15)12-29-22-10-23(33)32(14-20(22)16-11-30-31(2)13-16)17-6-8-18(9-7-17)34-24(26,27)28/h3-11,13-14,29H,12H2,1-2H3. The average Bonchev–Trinajstić information content (AvgIpc) is 3.19. The summed E-state index contributed by atoms with van der Waals surface area (Å²) in [7, 11) is 1.78. The molecule has 34 heavy (non-hydrogen) atoms. The van der Waals surface area contributed by atoms with Gasteiger partial charge in [0.05, 0.1) is 6.20 Å². The molecule has 0 unspecified atom stereocenters. The molecule has 2 heterocycles. The van der Waals surface area contributed by atoms with Gasteiger partial charge in [0.1, 0.15) is 5.75 Å². The van der Waals surface area contributed by atoms with Gasteiger partial charge >= 0.3 is 6.36 Å². The Morgan fingerprint density at radius 2 is 1.85 bits per heavy atom. The minimum atomic E-state index is -4.79. The van der Waals surface area contributed by atoms with E-state index in [0.29, 0.717) is 28.5 Å². The van der Waals surface area contributed by atoms with Crippen LogP contribution in [0, 0.1) is 6.92 Å². The molecule has 10 heteroatoms. The third-order valence-corrected chi connectivity index (χ3v) is 5.58. The summed E-state index contributed by atoms with van der Waals surface area (Å²) < 4.78 is 44.3. The number of pyridine rings is 1. The van der Waals surface area contributed by atoms with E-state index in [4.69, 9.17) is 11.6 Å². The number of halogens is 4. The maximum atomic E-state index is 13.0. The Hall–Kier alpha value is -3.72. The predicted molar refractivity (Wildman–Crippen MR) is 124 cm³/mol. The van der Waals surface area contributed by atoms with Crippen molar-refractivity contribution in [2.24, 2.45) is 7.05 Å². The molecule has 0 saturated carbocycles. The molecule has 0 radical (unpaired) electrons. The zero-order valence-electron chi connectivity index (χ0n) is 18.2. The highest BCUT2D eigenvalue weighted by Gasteiger charge is 2.31. The second-order valence-corrected chi connectivity index (χ2v) is 8.05. The van der Waals surface area contributed by atoms with Crippen molar-refractivity contribution in [3.8, 4) is 22.6 Å². The fourth-order valence-electron chi connectivity index (χ4n) is 3.55. The van der Waals surface area contributed by atoms with Gasteiger partial charge in [-0.05, 0) is 48.4 Å². The van der Waals surface area contributed by atoms with E-state index in [2.05, 4.69) is 15.2 Å². The summed E-state index contributed by atoms with van der Waals surface area (Å²) in [5.74, 6) is -0.370. The van der Waals surface area contributed by atoms with E-state index in [0.717, 1.165) is 28.8 Å². The Morgan fingerprint density at radius 3 is 2.47 bits per heavy atom.